The number of methoxy groups -OCH3 is 1. The number of aliphatic hydroxyl groups is 1. The van der Waals surface area contributed by atoms with Crippen LogP contribution in [0.1, 0.15) is 24.8 Å². The van der Waals surface area contributed by atoms with E-state index in [4.69, 9.17) is 21.1 Å². The highest BCUT2D eigenvalue weighted by molar-refractivity contribution is 6.30. The van der Waals surface area contributed by atoms with Gasteiger partial charge in [-0.2, -0.15) is 0 Å². The minimum Gasteiger partial charge on any atom is -0.493 e. The summed E-state index contributed by atoms with van der Waals surface area (Å²) >= 11 is 5.93. The summed E-state index contributed by atoms with van der Waals surface area (Å²) in [6, 6.07) is 3.41. The second-order valence-corrected chi connectivity index (χ2v) is 4.77. The van der Waals surface area contributed by atoms with Gasteiger partial charge < -0.3 is 14.6 Å². The fourth-order valence-electron chi connectivity index (χ4n) is 1.79. The van der Waals surface area contributed by atoms with Gasteiger partial charge in [0.15, 0.2) is 11.5 Å². The van der Waals surface area contributed by atoms with Gasteiger partial charge in [0.1, 0.15) is 0 Å². The Bertz CT molecular complexity index is 363. The molecule has 0 spiro atoms. The summed E-state index contributed by atoms with van der Waals surface area (Å²) < 4.78 is 10.9. The summed E-state index contributed by atoms with van der Waals surface area (Å²) in [6.07, 6.45) is 3.69. The fourth-order valence-corrected chi connectivity index (χ4v) is 2.02. The van der Waals surface area contributed by atoms with Crippen molar-refractivity contribution in [3.8, 4) is 11.5 Å². The molecule has 0 amide bonds. The molecule has 0 unspecified atom stereocenters. The smallest absolute Gasteiger partial charge is 0.166 e. The molecule has 1 N–H and O–H groups in total. The van der Waals surface area contributed by atoms with Crippen molar-refractivity contribution in [1.29, 1.82) is 0 Å². The van der Waals surface area contributed by atoms with E-state index in [-0.39, 0.29) is 6.61 Å². The standard InChI is InChI=1S/C13H17ClO3/c1-16-12-7-11(14)6-10(8-15)13(12)17-5-4-9-2-3-9/h6-7,9,15H,2-5,8H2,1H3. The van der Waals surface area contributed by atoms with E-state index in [1.165, 1.54) is 12.8 Å². The molecule has 3 nitrogen and oxygen atoms in total. The molecule has 0 aliphatic heterocycles. The molecule has 1 aliphatic carbocycles. The number of hydrogen-bond acceptors (Lipinski definition) is 3. The van der Waals surface area contributed by atoms with Gasteiger partial charge in [-0.1, -0.05) is 24.4 Å². The molecule has 1 aromatic rings. The number of ether oxygens (including phenoxy) is 2. The third kappa shape index (κ3) is 3.27. The summed E-state index contributed by atoms with van der Waals surface area (Å²) in [7, 11) is 1.57. The van der Waals surface area contributed by atoms with Gasteiger partial charge in [-0.25, -0.2) is 0 Å². The first-order valence-electron chi connectivity index (χ1n) is 5.84. The summed E-state index contributed by atoms with van der Waals surface area (Å²) in [6.45, 7) is 0.561. The van der Waals surface area contributed by atoms with E-state index in [0.717, 1.165) is 12.3 Å². The summed E-state index contributed by atoms with van der Waals surface area (Å²) in [4.78, 5) is 0. The van der Waals surface area contributed by atoms with Crippen LogP contribution < -0.4 is 9.47 Å². The lowest BCUT2D eigenvalue weighted by Crippen LogP contribution is -2.03. The van der Waals surface area contributed by atoms with Crippen molar-refractivity contribution in [3.05, 3.63) is 22.7 Å². The first kappa shape index (κ1) is 12.5. The van der Waals surface area contributed by atoms with E-state index in [1.54, 1.807) is 19.2 Å². The number of aliphatic hydroxyl groups excluding tert-OH is 1. The van der Waals surface area contributed by atoms with Gasteiger partial charge in [0, 0.05) is 16.7 Å². The quantitative estimate of drug-likeness (QED) is 0.850. The third-order valence-electron chi connectivity index (χ3n) is 2.96. The molecule has 1 aliphatic rings. The first-order valence-corrected chi connectivity index (χ1v) is 6.22. The van der Waals surface area contributed by atoms with Gasteiger partial charge in [-0.3, -0.25) is 0 Å². The van der Waals surface area contributed by atoms with Crippen LogP contribution in [-0.4, -0.2) is 18.8 Å². The number of benzene rings is 1. The molecule has 0 saturated heterocycles. The number of hydrogen-bond donors (Lipinski definition) is 1. The Labute approximate surface area is 106 Å². The van der Waals surface area contributed by atoms with Crippen LogP contribution >= 0.6 is 11.6 Å². The lowest BCUT2D eigenvalue weighted by molar-refractivity contribution is 0.250. The maximum atomic E-state index is 9.29. The zero-order valence-corrected chi connectivity index (χ0v) is 10.7. The van der Waals surface area contributed by atoms with E-state index < -0.39 is 0 Å². The van der Waals surface area contributed by atoms with Crippen LogP contribution in [0.5, 0.6) is 11.5 Å². The van der Waals surface area contributed by atoms with Crippen molar-refractivity contribution in [3.63, 3.8) is 0 Å². The van der Waals surface area contributed by atoms with Gasteiger partial charge in [-0.05, 0) is 18.4 Å². The van der Waals surface area contributed by atoms with Gasteiger partial charge >= 0.3 is 0 Å². The zero-order valence-electron chi connectivity index (χ0n) is 9.91. The molecule has 1 fully saturated rings. The van der Waals surface area contributed by atoms with Gasteiger partial charge in [0.05, 0.1) is 20.3 Å². The number of rotatable bonds is 6. The minimum absolute atomic E-state index is 0.102. The molecule has 0 aromatic heterocycles. The molecule has 0 bridgehead atoms. The van der Waals surface area contributed by atoms with Crippen molar-refractivity contribution in [2.24, 2.45) is 5.92 Å². The molecule has 17 heavy (non-hydrogen) atoms. The monoisotopic (exact) mass is 256 g/mol. The Kier molecular flexibility index (Phi) is 4.13. The molecular formula is C13H17ClO3. The van der Waals surface area contributed by atoms with Crippen LogP contribution in [0, 0.1) is 5.92 Å². The van der Waals surface area contributed by atoms with Crippen LogP contribution in [0.4, 0.5) is 0 Å². The highest BCUT2D eigenvalue weighted by atomic mass is 35.5. The summed E-state index contributed by atoms with van der Waals surface area (Å²) in [5, 5.41) is 9.83. The minimum atomic E-state index is -0.102. The van der Waals surface area contributed by atoms with Crippen molar-refractivity contribution in [1.82, 2.24) is 0 Å². The third-order valence-corrected chi connectivity index (χ3v) is 3.17. The van der Waals surface area contributed by atoms with Crippen molar-refractivity contribution >= 4 is 11.6 Å². The molecule has 4 heteroatoms. The molecule has 1 saturated carbocycles. The highest BCUT2D eigenvalue weighted by Crippen LogP contribution is 2.36. The van der Waals surface area contributed by atoms with Crippen molar-refractivity contribution in [2.75, 3.05) is 13.7 Å². The maximum absolute atomic E-state index is 9.29. The second-order valence-electron chi connectivity index (χ2n) is 4.33. The molecule has 1 aromatic carbocycles. The Morgan fingerprint density at radius 2 is 2.18 bits per heavy atom. The van der Waals surface area contributed by atoms with Gasteiger partial charge in [0.25, 0.3) is 0 Å². The molecule has 94 valence electrons. The Hall–Kier alpha value is -0.930. The Morgan fingerprint density at radius 1 is 1.41 bits per heavy atom. The van der Waals surface area contributed by atoms with E-state index in [9.17, 15) is 5.11 Å². The van der Waals surface area contributed by atoms with E-state index in [2.05, 4.69) is 0 Å². The Morgan fingerprint density at radius 3 is 2.76 bits per heavy atom. The van der Waals surface area contributed by atoms with Crippen LogP contribution in [-0.2, 0) is 6.61 Å². The predicted molar refractivity (Wildman–Crippen MR) is 66.8 cm³/mol. The van der Waals surface area contributed by atoms with E-state index >= 15 is 0 Å². The summed E-state index contributed by atoms with van der Waals surface area (Å²) in [5.74, 6) is 2.02. The van der Waals surface area contributed by atoms with Crippen molar-refractivity contribution in [2.45, 2.75) is 25.9 Å². The average Bonchev–Trinajstić information content (AvgIpc) is 3.14. The normalized spacial score (nSPS) is 14.8. The largest absolute Gasteiger partial charge is 0.493 e. The maximum Gasteiger partial charge on any atom is 0.166 e. The van der Waals surface area contributed by atoms with Gasteiger partial charge in [0.2, 0.25) is 0 Å². The first-order chi connectivity index (χ1) is 8.24. The SMILES string of the molecule is COc1cc(Cl)cc(CO)c1OCCC1CC1. The second kappa shape index (κ2) is 5.61. The van der Waals surface area contributed by atoms with E-state index in [1.807, 2.05) is 0 Å². The number of halogens is 1. The highest BCUT2D eigenvalue weighted by Gasteiger charge is 2.21. The Balaban J connectivity index is 2.10. The van der Waals surface area contributed by atoms with Crippen molar-refractivity contribution < 1.29 is 14.6 Å². The molecule has 2 rings (SSSR count). The lowest BCUT2D eigenvalue weighted by Gasteiger charge is -2.14. The molecular weight excluding hydrogens is 240 g/mol. The van der Waals surface area contributed by atoms with Crippen LogP contribution in [0.25, 0.3) is 0 Å². The zero-order chi connectivity index (χ0) is 12.3. The van der Waals surface area contributed by atoms with Crippen LogP contribution in [0.3, 0.4) is 0 Å². The molecule has 0 radical (unpaired) electrons. The topological polar surface area (TPSA) is 38.7 Å². The summed E-state index contributed by atoms with van der Waals surface area (Å²) in [5.41, 5.74) is 0.671. The molecule has 0 heterocycles. The molecule has 0 atom stereocenters. The lowest BCUT2D eigenvalue weighted by atomic mass is 10.2. The fraction of sp³-hybridized carbons (Fsp3) is 0.538. The van der Waals surface area contributed by atoms with Gasteiger partial charge in [-0.15, -0.1) is 0 Å². The predicted octanol–water partition coefficient (Wildman–Crippen LogP) is 3.02. The van der Waals surface area contributed by atoms with Crippen LogP contribution in [0.2, 0.25) is 5.02 Å². The van der Waals surface area contributed by atoms with Crippen LogP contribution in [0.15, 0.2) is 12.1 Å². The average molecular weight is 257 g/mol. The van der Waals surface area contributed by atoms with E-state index in [0.29, 0.717) is 28.7 Å².